The summed E-state index contributed by atoms with van der Waals surface area (Å²) in [6.45, 7) is 5.76. The van der Waals surface area contributed by atoms with Crippen molar-refractivity contribution in [3.63, 3.8) is 0 Å². The molecule has 2 aliphatic rings. The Hall–Kier alpha value is -2.41. The fraction of sp³-hybridized carbons (Fsp3) is 0.640. The van der Waals surface area contributed by atoms with Crippen molar-refractivity contribution in [1.29, 1.82) is 0 Å². The molecule has 2 aliphatic heterocycles. The smallest absolute Gasteiger partial charge is 0.190 e. The van der Waals surface area contributed by atoms with E-state index in [-0.39, 0.29) is 6.10 Å². The van der Waals surface area contributed by atoms with Crippen molar-refractivity contribution in [1.82, 2.24) is 25.4 Å². The van der Waals surface area contributed by atoms with E-state index in [0.29, 0.717) is 5.92 Å². The summed E-state index contributed by atoms with van der Waals surface area (Å²) in [7, 11) is 1.84. The number of hydrogen-bond donors (Lipinski definition) is 2. The van der Waals surface area contributed by atoms with E-state index in [1.54, 1.807) is 0 Å². The molecular weight excluding hydrogens is 400 g/mol. The number of guanidine groups is 1. The third-order valence-corrected chi connectivity index (χ3v) is 6.66. The maximum Gasteiger partial charge on any atom is 0.190 e. The van der Waals surface area contributed by atoms with E-state index < -0.39 is 0 Å². The lowest BCUT2D eigenvalue weighted by atomic mass is 9.89. The number of aryl methyl sites for hydroxylation is 3. The van der Waals surface area contributed by atoms with Gasteiger partial charge in [-0.05, 0) is 44.6 Å². The van der Waals surface area contributed by atoms with Crippen LogP contribution in [0.15, 0.2) is 29.3 Å². The van der Waals surface area contributed by atoms with E-state index in [9.17, 15) is 0 Å². The largest absolute Gasteiger partial charge is 0.373 e. The lowest BCUT2D eigenvalue weighted by Gasteiger charge is -2.32. The molecule has 32 heavy (non-hydrogen) atoms. The third-order valence-electron chi connectivity index (χ3n) is 6.66. The summed E-state index contributed by atoms with van der Waals surface area (Å²) < 4.78 is 8.50. The summed E-state index contributed by atoms with van der Waals surface area (Å²) in [4.78, 5) is 4.42. The molecule has 2 aromatic rings. The molecule has 2 atom stereocenters. The zero-order valence-electron chi connectivity index (χ0n) is 19.6. The molecule has 1 aromatic carbocycles. The number of fused-ring (bicyclic) bond motifs is 1. The van der Waals surface area contributed by atoms with Crippen molar-refractivity contribution >= 4 is 5.96 Å². The summed E-state index contributed by atoms with van der Waals surface area (Å²) in [5.74, 6) is 3.60. The van der Waals surface area contributed by atoms with Crippen LogP contribution in [0.1, 0.15) is 67.4 Å². The molecule has 7 heteroatoms. The quantitative estimate of drug-likeness (QED) is 0.393. The third kappa shape index (κ3) is 5.88. The van der Waals surface area contributed by atoms with E-state index in [0.717, 1.165) is 63.7 Å². The predicted octanol–water partition coefficient (Wildman–Crippen LogP) is 3.58. The Morgan fingerprint density at radius 1 is 1.12 bits per heavy atom. The maximum atomic E-state index is 6.16. The molecule has 0 radical (unpaired) electrons. The fourth-order valence-electron chi connectivity index (χ4n) is 4.81. The second-order valence-corrected chi connectivity index (χ2v) is 9.08. The molecule has 0 saturated carbocycles. The van der Waals surface area contributed by atoms with Crippen LogP contribution in [0.2, 0.25) is 0 Å². The predicted molar refractivity (Wildman–Crippen MR) is 128 cm³/mol. The Kier molecular flexibility index (Phi) is 8.15. The van der Waals surface area contributed by atoms with Crippen LogP contribution in [0, 0.1) is 12.8 Å². The van der Waals surface area contributed by atoms with Crippen molar-refractivity contribution in [3.8, 4) is 0 Å². The highest BCUT2D eigenvalue weighted by Gasteiger charge is 2.27. The monoisotopic (exact) mass is 438 g/mol. The van der Waals surface area contributed by atoms with Gasteiger partial charge in [-0.2, -0.15) is 0 Å². The van der Waals surface area contributed by atoms with Crippen molar-refractivity contribution in [2.24, 2.45) is 10.9 Å². The van der Waals surface area contributed by atoms with Gasteiger partial charge in [-0.3, -0.25) is 4.99 Å². The molecule has 4 rings (SSSR count). The lowest BCUT2D eigenvalue weighted by molar-refractivity contribution is -0.0265. The minimum absolute atomic E-state index is 0.151. The minimum Gasteiger partial charge on any atom is -0.373 e. The van der Waals surface area contributed by atoms with Crippen LogP contribution in [0.3, 0.4) is 0 Å². The SMILES string of the molecule is CN=C(NCCCc1nnc2n1CCCCC2)NCC1CCCOC1c1ccc(C)cc1. The topological polar surface area (TPSA) is 76.4 Å². The van der Waals surface area contributed by atoms with Crippen LogP contribution in [-0.4, -0.2) is 47.5 Å². The second-order valence-electron chi connectivity index (χ2n) is 9.08. The minimum atomic E-state index is 0.151. The number of benzene rings is 1. The van der Waals surface area contributed by atoms with Gasteiger partial charge >= 0.3 is 0 Å². The van der Waals surface area contributed by atoms with Crippen LogP contribution in [0.4, 0.5) is 0 Å². The van der Waals surface area contributed by atoms with Gasteiger partial charge in [0.2, 0.25) is 0 Å². The van der Waals surface area contributed by atoms with Crippen molar-refractivity contribution in [2.75, 3.05) is 26.7 Å². The Labute approximate surface area is 192 Å². The maximum absolute atomic E-state index is 6.16. The highest BCUT2D eigenvalue weighted by Crippen LogP contribution is 2.33. The summed E-state index contributed by atoms with van der Waals surface area (Å²) in [6.07, 6.45) is 9.22. The van der Waals surface area contributed by atoms with Crippen LogP contribution in [-0.2, 0) is 24.1 Å². The average Bonchev–Trinajstić information content (AvgIpc) is 3.05. The van der Waals surface area contributed by atoms with Gasteiger partial charge < -0.3 is 19.9 Å². The number of aliphatic imine (C=N–C) groups is 1. The first kappa shape index (κ1) is 22.8. The van der Waals surface area contributed by atoms with Crippen LogP contribution in [0.25, 0.3) is 0 Å². The van der Waals surface area contributed by atoms with Crippen molar-refractivity contribution < 1.29 is 4.74 Å². The van der Waals surface area contributed by atoms with E-state index in [2.05, 4.69) is 61.6 Å². The van der Waals surface area contributed by atoms with Crippen molar-refractivity contribution in [3.05, 3.63) is 47.0 Å². The Morgan fingerprint density at radius 3 is 2.84 bits per heavy atom. The molecule has 174 valence electrons. The summed E-state index contributed by atoms with van der Waals surface area (Å²) in [5.41, 5.74) is 2.56. The first-order valence-electron chi connectivity index (χ1n) is 12.3. The Balaban J connectivity index is 1.23. The van der Waals surface area contributed by atoms with Crippen LogP contribution < -0.4 is 10.6 Å². The molecule has 7 nitrogen and oxygen atoms in total. The molecular formula is C25H38N6O. The number of rotatable bonds is 7. The normalized spacial score (nSPS) is 21.6. The standard InChI is InChI=1S/C25H38N6O/c1-19-11-13-20(14-12-19)24-21(8-7-17-32-24)18-28-25(26-2)27-15-6-10-23-30-29-22-9-4-3-5-16-31(22)23/h11-14,21,24H,3-10,15-18H2,1-2H3,(H2,26,27,28). The molecule has 2 unspecified atom stereocenters. The van der Waals surface area contributed by atoms with E-state index in [1.807, 2.05) is 7.05 Å². The second kappa shape index (κ2) is 11.5. The van der Waals surface area contributed by atoms with E-state index in [1.165, 1.54) is 42.6 Å². The molecule has 1 aromatic heterocycles. The van der Waals surface area contributed by atoms with Gasteiger partial charge in [0.15, 0.2) is 5.96 Å². The van der Waals surface area contributed by atoms with Crippen LogP contribution >= 0.6 is 0 Å². The van der Waals surface area contributed by atoms with Crippen molar-refractivity contribution in [2.45, 2.75) is 70.9 Å². The zero-order chi connectivity index (χ0) is 22.2. The highest BCUT2D eigenvalue weighted by molar-refractivity contribution is 5.79. The molecule has 0 amide bonds. The summed E-state index contributed by atoms with van der Waals surface area (Å²) in [6, 6.07) is 8.76. The zero-order valence-corrected chi connectivity index (χ0v) is 19.6. The highest BCUT2D eigenvalue weighted by atomic mass is 16.5. The molecule has 1 fully saturated rings. The molecule has 3 heterocycles. The van der Waals surface area contributed by atoms with Gasteiger partial charge in [-0.15, -0.1) is 10.2 Å². The average molecular weight is 439 g/mol. The molecule has 0 aliphatic carbocycles. The fourth-order valence-corrected chi connectivity index (χ4v) is 4.81. The van der Waals surface area contributed by atoms with Gasteiger partial charge in [-0.1, -0.05) is 36.2 Å². The molecule has 0 spiro atoms. The number of nitrogens with one attached hydrogen (secondary N) is 2. The Morgan fingerprint density at radius 2 is 2.00 bits per heavy atom. The van der Waals surface area contributed by atoms with Gasteiger partial charge in [0.05, 0.1) is 6.10 Å². The molecule has 1 saturated heterocycles. The Bertz CT molecular complexity index is 875. The van der Waals surface area contributed by atoms with Gasteiger partial charge in [0.1, 0.15) is 11.6 Å². The number of ether oxygens (including phenoxy) is 1. The number of hydrogen-bond acceptors (Lipinski definition) is 4. The van der Waals surface area contributed by atoms with E-state index >= 15 is 0 Å². The molecule has 0 bridgehead atoms. The van der Waals surface area contributed by atoms with Gasteiger partial charge in [-0.25, -0.2) is 0 Å². The van der Waals surface area contributed by atoms with Gasteiger partial charge in [0, 0.05) is 52.0 Å². The van der Waals surface area contributed by atoms with E-state index in [4.69, 9.17) is 4.74 Å². The first-order chi connectivity index (χ1) is 15.7. The summed E-state index contributed by atoms with van der Waals surface area (Å²) in [5, 5.41) is 15.8. The first-order valence-corrected chi connectivity index (χ1v) is 12.3. The summed E-state index contributed by atoms with van der Waals surface area (Å²) >= 11 is 0. The van der Waals surface area contributed by atoms with Gasteiger partial charge in [0.25, 0.3) is 0 Å². The number of nitrogens with zero attached hydrogens (tertiary/aromatic N) is 4. The number of aromatic nitrogens is 3. The lowest BCUT2D eigenvalue weighted by Crippen LogP contribution is -2.42. The molecule has 2 N–H and O–H groups in total. The van der Waals surface area contributed by atoms with Crippen LogP contribution in [0.5, 0.6) is 0 Å².